The quantitative estimate of drug-likeness (QED) is 0.191. The average molecular weight is 671 g/mol. The molecule has 3 aliphatic carbocycles. The Hall–Kier alpha value is -2.37. The lowest BCUT2D eigenvalue weighted by molar-refractivity contribution is -0.341. The molecule has 2 N–H and O–H groups in total. The van der Waals surface area contributed by atoms with E-state index in [4.69, 9.17) is 18.6 Å². The van der Waals surface area contributed by atoms with Crippen LogP contribution in [-0.4, -0.2) is 78.5 Å². The third-order valence-electron chi connectivity index (χ3n) is 12.9. The van der Waals surface area contributed by atoms with E-state index in [0.29, 0.717) is 24.0 Å². The number of aliphatic hydroxyl groups excluding tert-OH is 1. The summed E-state index contributed by atoms with van der Waals surface area (Å²) in [5, 5.41) is 25.0. The third kappa shape index (κ3) is 5.20. The third-order valence-corrected chi connectivity index (χ3v) is 17.5. The van der Waals surface area contributed by atoms with Gasteiger partial charge in [-0.25, -0.2) is 4.79 Å². The van der Waals surface area contributed by atoms with Crippen LogP contribution in [-0.2, 0) is 28.2 Å². The minimum absolute atomic E-state index is 0.00944. The van der Waals surface area contributed by atoms with Crippen molar-refractivity contribution in [3.63, 3.8) is 0 Å². The van der Waals surface area contributed by atoms with Gasteiger partial charge < -0.3 is 28.8 Å². The normalized spacial score (nSPS) is 37.9. The van der Waals surface area contributed by atoms with Crippen LogP contribution in [0.3, 0.4) is 0 Å². The van der Waals surface area contributed by atoms with Gasteiger partial charge in [0.1, 0.15) is 23.9 Å². The summed E-state index contributed by atoms with van der Waals surface area (Å²) in [7, 11) is -2.46. The molecule has 2 saturated carbocycles. The molecule has 1 unspecified atom stereocenters. The van der Waals surface area contributed by atoms with E-state index in [1.807, 2.05) is 34.6 Å². The van der Waals surface area contributed by atoms with Gasteiger partial charge in [0.15, 0.2) is 19.7 Å². The molecule has 0 spiro atoms. The van der Waals surface area contributed by atoms with Crippen molar-refractivity contribution in [3.8, 4) is 0 Å². The highest BCUT2D eigenvalue weighted by atomic mass is 28.4. The molecule has 10 heteroatoms. The highest BCUT2D eigenvalue weighted by Crippen LogP contribution is 2.66. The second-order valence-corrected chi connectivity index (χ2v) is 19.8. The van der Waals surface area contributed by atoms with Crippen molar-refractivity contribution in [3.05, 3.63) is 47.0 Å². The largest absolute Gasteiger partial charge is 0.455 e. The van der Waals surface area contributed by atoms with Crippen molar-refractivity contribution in [1.29, 1.82) is 0 Å². The van der Waals surface area contributed by atoms with E-state index in [1.165, 1.54) is 6.92 Å². The molecule has 1 aromatic carbocycles. The number of rotatable bonds is 9. The van der Waals surface area contributed by atoms with Crippen molar-refractivity contribution in [2.75, 3.05) is 6.61 Å². The number of hydrogen-bond donors (Lipinski definition) is 2. The van der Waals surface area contributed by atoms with Crippen LogP contribution in [0.5, 0.6) is 0 Å². The molecule has 2 bridgehead atoms. The van der Waals surface area contributed by atoms with Crippen molar-refractivity contribution < 1.29 is 43.2 Å². The van der Waals surface area contributed by atoms with E-state index in [9.17, 15) is 19.8 Å². The van der Waals surface area contributed by atoms with Crippen molar-refractivity contribution in [2.24, 2.45) is 22.7 Å². The zero-order chi connectivity index (χ0) is 34.7. The van der Waals surface area contributed by atoms with Crippen molar-refractivity contribution in [1.82, 2.24) is 0 Å². The molecule has 1 aliphatic heterocycles. The molecular formula is C37H54O9Si. The summed E-state index contributed by atoms with van der Waals surface area (Å²) in [4.78, 5) is 42.7. The summed E-state index contributed by atoms with van der Waals surface area (Å²) >= 11 is 0. The van der Waals surface area contributed by atoms with E-state index in [0.717, 1.165) is 18.1 Å². The molecule has 0 amide bonds. The fourth-order valence-electron chi connectivity index (χ4n) is 9.72. The van der Waals surface area contributed by atoms with Gasteiger partial charge in [-0.05, 0) is 60.7 Å². The van der Waals surface area contributed by atoms with E-state index < -0.39 is 72.6 Å². The maximum absolute atomic E-state index is 15.8. The van der Waals surface area contributed by atoms with Crippen LogP contribution in [0.1, 0.15) is 91.9 Å². The van der Waals surface area contributed by atoms with Crippen LogP contribution in [0, 0.1) is 22.7 Å². The number of fused-ring (bicyclic) bond motifs is 5. The number of Topliss-reactive ketones (excluding diaryl/α,β-unsaturated/α-hetero) is 1. The molecule has 260 valence electrons. The molecule has 9 atom stereocenters. The van der Waals surface area contributed by atoms with Crippen LogP contribution >= 0.6 is 0 Å². The van der Waals surface area contributed by atoms with Gasteiger partial charge in [-0.3, -0.25) is 9.59 Å². The first kappa shape index (κ1) is 35.9. The van der Waals surface area contributed by atoms with Gasteiger partial charge in [0.05, 0.1) is 24.2 Å². The van der Waals surface area contributed by atoms with E-state index in [2.05, 4.69) is 20.8 Å². The van der Waals surface area contributed by atoms with Gasteiger partial charge in [-0.1, -0.05) is 73.1 Å². The van der Waals surface area contributed by atoms with E-state index in [-0.39, 0.29) is 30.3 Å². The van der Waals surface area contributed by atoms with Crippen LogP contribution in [0.25, 0.3) is 0 Å². The number of carbonyl (C=O) groups excluding carboxylic acids is 3. The molecule has 0 radical (unpaired) electrons. The van der Waals surface area contributed by atoms with Crippen molar-refractivity contribution >= 4 is 26.0 Å². The summed E-state index contributed by atoms with van der Waals surface area (Å²) < 4.78 is 26.1. The Morgan fingerprint density at radius 1 is 1.04 bits per heavy atom. The van der Waals surface area contributed by atoms with E-state index >= 15 is 4.79 Å². The molecule has 47 heavy (non-hydrogen) atoms. The molecular weight excluding hydrogens is 616 g/mol. The Balaban J connectivity index is 1.86. The Labute approximate surface area is 280 Å². The molecule has 9 nitrogen and oxygen atoms in total. The first-order chi connectivity index (χ1) is 22.0. The highest BCUT2D eigenvalue weighted by molar-refractivity contribution is 6.73. The smallest absolute Gasteiger partial charge is 0.338 e. The maximum atomic E-state index is 15.8. The molecule has 1 aromatic rings. The van der Waals surface area contributed by atoms with Crippen LogP contribution in [0.4, 0.5) is 0 Å². The fourth-order valence-corrected chi connectivity index (χ4v) is 12.4. The second kappa shape index (κ2) is 12.5. The first-order valence-electron chi connectivity index (χ1n) is 17.4. The number of benzene rings is 1. The Bertz CT molecular complexity index is 1410. The highest BCUT2D eigenvalue weighted by Gasteiger charge is 2.77. The van der Waals surface area contributed by atoms with Crippen molar-refractivity contribution in [2.45, 2.75) is 135 Å². The van der Waals surface area contributed by atoms with Gasteiger partial charge in [0.2, 0.25) is 0 Å². The molecule has 1 saturated heterocycles. The molecule has 4 aliphatic rings. The number of aliphatic hydroxyl groups is 2. The predicted octanol–water partition coefficient (Wildman–Crippen LogP) is 5.78. The van der Waals surface area contributed by atoms with Gasteiger partial charge in [0, 0.05) is 24.2 Å². The second-order valence-electron chi connectivity index (χ2n) is 15.1. The number of ketones is 1. The monoisotopic (exact) mass is 670 g/mol. The molecule has 5 rings (SSSR count). The van der Waals surface area contributed by atoms with Crippen LogP contribution in [0.2, 0.25) is 18.1 Å². The summed E-state index contributed by atoms with van der Waals surface area (Å²) in [6.45, 7) is 17.1. The van der Waals surface area contributed by atoms with Gasteiger partial charge >= 0.3 is 11.9 Å². The predicted molar refractivity (Wildman–Crippen MR) is 179 cm³/mol. The number of esters is 2. The summed E-state index contributed by atoms with van der Waals surface area (Å²) in [5.41, 5.74) is -4.28. The van der Waals surface area contributed by atoms with Crippen LogP contribution < -0.4 is 0 Å². The summed E-state index contributed by atoms with van der Waals surface area (Å²) in [6, 6.07) is 10.9. The maximum Gasteiger partial charge on any atom is 0.338 e. The summed E-state index contributed by atoms with van der Waals surface area (Å²) in [5.74, 6) is -2.67. The lowest BCUT2D eigenvalue weighted by Crippen LogP contribution is -2.81. The standard InChI is InChI=1S/C37H54O9Si/c1-10-25-19-27-36(21-43-27,45-23(6)38)30-32(44-33(41)24-17-15-14-16-18-24)37(42)20-26(39)22(5)28(34(37,7)8)29(31(40)35(25,30)9)46-47(11-2,12-3)13-4/h14-18,25-27,29-30,32,39,42H,10-13,19-21H2,1-9H3/t25-,26-,27+,29+,30?,32-,35+,36-,37+/m0/s1. The SMILES string of the molecule is CC[C@H]1C[C@H]2OC[C@@]2(OC(C)=O)C2[C@H](OC(=O)c3ccccc3)[C@]3(O)C[C@H](O)C(C)=C([C@@H](O[Si](CC)(CC)CC)C(=O)[C@@]21C)C3(C)C. The molecule has 3 fully saturated rings. The Morgan fingerprint density at radius 2 is 1.66 bits per heavy atom. The Kier molecular flexibility index (Phi) is 9.56. The molecule has 0 aromatic heterocycles. The fraction of sp³-hybridized carbons (Fsp3) is 0.703. The minimum Gasteiger partial charge on any atom is -0.455 e. The average Bonchev–Trinajstić information content (AvgIpc) is 3.03. The van der Waals surface area contributed by atoms with Gasteiger partial charge in [-0.15, -0.1) is 0 Å². The zero-order valence-corrected chi connectivity index (χ0v) is 30.6. The first-order valence-corrected chi connectivity index (χ1v) is 20.0. The lowest BCUT2D eigenvalue weighted by atomic mass is 9.43. The van der Waals surface area contributed by atoms with Crippen LogP contribution in [0.15, 0.2) is 41.5 Å². The minimum atomic E-state index is -2.46. The number of ether oxygens (including phenoxy) is 3. The molecule has 1 heterocycles. The topological polar surface area (TPSA) is 129 Å². The Morgan fingerprint density at radius 3 is 2.17 bits per heavy atom. The van der Waals surface area contributed by atoms with Gasteiger partial charge in [-0.2, -0.15) is 0 Å². The van der Waals surface area contributed by atoms with E-state index in [1.54, 1.807) is 30.3 Å². The number of hydrogen-bond acceptors (Lipinski definition) is 9. The zero-order valence-electron chi connectivity index (χ0n) is 29.6. The van der Waals surface area contributed by atoms with Gasteiger partial charge in [0.25, 0.3) is 0 Å². The lowest BCUT2D eigenvalue weighted by Gasteiger charge is -2.68. The number of carbonyl (C=O) groups is 3. The summed E-state index contributed by atoms with van der Waals surface area (Å²) in [6.07, 6.45) is -3.19.